The normalized spacial score (nSPS) is 12.5. The summed E-state index contributed by atoms with van der Waals surface area (Å²) in [7, 11) is 0. The Bertz CT molecular complexity index is 1220. The minimum Gasteiger partial charge on any atom is -0.325 e. The fourth-order valence-electron chi connectivity index (χ4n) is 3.13. The first-order chi connectivity index (χ1) is 15.8. The summed E-state index contributed by atoms with van der Waals surface area (Å²) in [6, 6.07) is 18.1. The van der Waals surface area contributed by atoms with Crippen molar-refractivity contribution >= 4 is 34.7 Å². The fourth-order valence-corrected chi connectivity index (χ4v) is 4.71. The quantitative estimate of drug-likeness (QED) is 0.322. The molecule has 0 fully saturated rings. The Balaban J connectivity index is 1.54. The van der Waals surface area contributed by atoms with Crippen molar-refractivity contribution in [3.63, 3.8) is 0 Å². The van der Waals surface area contributed by atoms with Crippen LogP contribution < -0.4 is 5.32 Å². The molecule has 33 heavy (non-hydrogen) atoms. The molecule has 2 aromatic carbocycles. The summed E-state index contributed by atoms with van der Waals surface area (Å²) in [6.45, 7) is 1.68. The number of nitrogens with zero attached hydrogens (tertiary/aromatic N) is 3. The largest absolute Gasteiger partial charge is 0.416 e. The van der Waals surface area contributed by atoms with Gasteiger partial charge in [0.05, 0.1) is 10.8 Å². The van der Waals surface area contributed by atoms with E-state index in [-0.39, 0.29) is 5.69 Å². The van der Waals surface area contributed by atoms with Crippen LogP contribution >= 0.6 is 23.1 Å². The third-order valence-corrected chi connectivity index (χ3v) is 6.66. The van der Waals surface area contributed by atoms with Gasteiger partial charge in [0.25, 0.3) is 0 Å². The molecule has 4 rings (SSSR count). The predicted octanol–water partition coefficient (Wildman–Crippen LogP) is 6.06. The van der Waals surface area contributed by atoms with E-state index in [9.17, 15) is 18.0 Å². The topological polar surface area (TPSA) is 59.8 Å². The van der Waals surface area contributed by atoms with E-state index < -0.39 is 22.9 Å². The lowest BCUT2D eigenvalue weighted by Crippen LogP contribution is -2.23. The maximum Gasteiger partial charge on any atom is 0.416 e. The van der Waals surface area contributed by atoms with Crippen LogP contribution in [0.4, 0.5) is 18.9 Å². The molecular weight excluding hydrogens is 469 g/mol. The molecule has 0 aliphatic heterocycles. The highest BCUT2D eigenvalue weighted by Crippen LogP contribution is 2.31. The predicted molar refractivity (Wildman–Crippen MR) is 124 cm³/mol. The average molecular weight is 489 g/mol. The molecule has 2 heterocycles. The first-order valence-corrected chi connectivity index (χ1v) is 11.7. The molecule has 10 heteroatoms. The Morgan fingerprint density at radius 2 is 1.88 bits per heavy atom. The number of hydrogen-bond acceptors (Lipinski definition) is 5. The third-order valence-electron chi connectivity index (χ3n) is 4.74. The van der Waals surface area contributed by atoms with Gasteiger partial charge in [-0.3, -0.25) is 9.36 Å². The Hall–Kier alpha value is -3.11. The molecule has 1 atom stereocenters. The lowest BCUT2D eigenvalue weighted by atomic mass is 10.2. The Labute approximate surface area is 196 Å². The highest BCUT2D eigenvalue weighted by molar-refractivity contribution is 8.00. The van der Waals surface area contributed by atoms with Crippen molar-refractivity contribution in [1.82, 2.24) is 14.8 Å². The number of benzene rings is 2. The number of amides is 1. The molecule has 2 aromatic heterocycles. The number of para-hydroxylation sites is 1. The van der Waals surface area contributed by atoms with Gasteiger partial charge >= 0.3 is 6.18 Å². The summed E-state index contributed by atoms with van der Waals surface area (Å²) in [5, 5.41) is 13.1. The standard InChI is InChI=1S/C23H19F3N4OS2/c1-15(21(31)27-17-8-5-7-16(13-17)23(24,25)26)33-22-29-28-20(14-19-11-6-12-32-19)30(22)18-9-3-2-4-10-18/h2-13,15H,14H2,1H3,(H,27,31)/t15-/m1/s1. The van der Waals surface area contributed by atoms with Crippen LogP contribution in [0, 0.1) is 0 Å². The fraction of sp³-hybridized carbons (Fsp3) is 0.174. The number of alkyl halides is 3. The SMILES string of the molecule is C[C@@H](Sc1nnc(Cc2cccs2)n1-c1ccccc1)C(=O)Nc1cccc(C(F)(F)F)c1. The van der Waals surface area contributed by atoms with Crippen molar-refractivity contribution in [2.24, 2.45) is 0 Å². The van der Waals surface area contributed by atoms with Gasteiger partial charge in [-0.25, -0.2) is 0 Å². The number of carbonyl (C=O) groups excluding carboxylic acids is 1. The number of anilines is 1. The highest BCUT2D eigenvalue weighted by Gasteiger charge is 2.30. The van der Waals surface area contributed by atoms with Crippen LogP contribution in [0.5, 0.6) is 0 Å². The summed E-state index contributed by atoms with van der Waals surface area (Å²) < 4.78 is 40.8. The third kappa shape index (κ3) is 5.63. The average Bonchev–Trinajstić information content (AvgIpc) is 3.44. The molecular formula is C23H19F3N4OS2. The highest BCUT2D eigenvalue weighted by atomic mass is 32.2. The molecule has 0 saturated carbocycles. The van der Waals surface area contributed by atoms with E-state index in [0.717, 1.165) is 28.5 Å². The minimum atomic E-state index is -4.48. The maximum atomic E-state index is 13.0. The van der Waals surface area contributed by atoms with Crippen molar-refractivity contribution in [2.75, 3.05) is 5.32 Å². The second-order valence-corrected chi connectivity index (χ2v) is 9.49. The van der Waals surface area contributed by atoms with Crippen molar-refractivity contribution in [3.05, 3.63) is 88.4 Å². The van der Waals surface area contributed by atoms with Gasteiger partial charge in [-0.05, 0) is 48.7 Å². The first-order valence-electron chi connectivity index (χ1n) is 9.98. The van der Waals surface area contributed by atoms with E-state index in [0.29, 0.717) is 11.6 Å². The van der Waals surface area contributed by atoms with E-state index in [4.69, 9.17) is 0 Å². The first kappa shape index (κ1) is 23.1. The molecule has 0 aliphatic rings. The van der Waals surface area contributed by atoms with Gasteiger partial charge in [0, 0.05) is 22.7 Å². The van der Waals surface area contributed by atoms with E-state index in [2.05, 4.69) is 15.5 Å². The molecule has 0 unspecified atom stereocenters. The summed E-state index contributed by atoms with van der Waals surface area (Å²) in [4.78, 5) is 13.9. The van der Waals surface area contributed by atoms with Crippen molar-refractivity contribution < 1.29 is 18.0 Å². The Morgan fingerprint density at radius 3 is 2.58 bits per heavy atom. The van der Waals surface area contributed by atoms with Gasteiger partial charge in [-0.15, -0.1) is 21.5 Å². The molecule has 4 aromatic rings. The van der Waals surface area contributed by atoms with Gasteiger partial charge in [-0.1, -0.05) is 42.1 Å². The second kappa shape index (κ2) is 9.80. The van der Waals surface area contributed by atoms with Crippen LogP contribution in [0.15, 0.2) is 77.3 Å². The number of halogens is 3. The number of hydrogen-bond donors (Lipinski definition) is 1. The molecule has 0 radical (unpaired) electrons. The van der Waals surface area contributed by atoms with Crippen molar-refractivity contribution in [2.45, 2.75) is 29.9 Å². The minimum absolute atomic E-state index is 0.0881. The Morgan fingerprint density at radius 1 is 1.09 bits per heavy atom. The lowest BCUT2D eigenvalue weighted by Gasteiger charge is -2.14. The molecule has 0 bridgehead atoms. The molecule has 0 spiro atoms. The van der Waals surface area contributed by atoms with E-state index in [1.54, 1.807) is 18.3 Å². The zero-order valence-corrected chi connectivity index (χ0v) is 19.0. The molecule has 0 aliphatic carbocycles. The van der Waals surface area contributed by atoms with E-state index >= 15 is 0 Å². The van der Waals surface area contributed by atoms with Gasteiger partial charge in [-0.2, -0.15) is 13.2 Å². The number of thioether (sulfide) groups is 1. The van der Waals surface area contributed by atoms with Crippen LogP contribution in [0.1, 0.15) is 23.2 Å². The van der Waals surface area contributed by atoms with Crippen LogP contribution in [-0.2, 0) is 17.4 Å². The summed E-state index contributed by atoms with van der Waals surface area (Å²) in [5.41, 5.74) is 0.134. The molecule has 0 saturated heterocycles. The van der Waals surface area contributed by atoms with Crippen LogP contribution in [0.3, 0.4) is 0 Å². The number of aromatic nitrogens is 3. The maximum absolute atomic E-state index is 13.0. The van der Waals surface area contributed by atoms with Gasteiger partial charge < -0.3 is 5.32 Å². The lowest BCUT2D eigenvalue weighted by molar-refractivity contribution is -0.137. The summed E-state index contributed by atoms with van der Waals surface area (Å²) in [5.74, 6) is 0.304. The van der Waals surface area contributed by atoms with Crippen LogP contribution in [-0.4, -0.2) is 25.9 Å². The zero-order chi connectivity index (χ0) is 23.4. The van der Waals surface area contributed by atoms with Gasteiger partial charge in [0.2, 0.25) is 5.91 Å². The monoisotopic (exact) mass is 488 g/mol. The molecule has 1 N–H and O–H groups in total. The van der Waals surface area contributed by atoms with Crippen molar-refractivity contribution in [1.29, 1.82) is 0 Å². The number of thiophene rings is 1. The molecule has 1 amide bonds. The summed E-state index contributed by atoms with van der Waals surface area (Å²) >= 11 is 2.82. The number of rotatable bonds is 7. The number of carbonyl (C=O) groups is 1. The van der Waals surface area contributed by atoms with Crippen LogP contribution in [0.2, 0.25) is 0 Å². The zero-order valence-electron chi connectivity index (χ0n) is 17.4. The van der Waals surface area contributed by atoms with E-state index in [1.807, 2.05) is 52.4 Å². The molecule has 170 valence electrons. The number of nitrogens with one attached hydrogen (secondary N) is 1. The smallest absolute Gasteiger partial charge is 0.325 e. The Kier molecular flexibility index (Phi) is 6.85. The van der Waals surface area contributed by atoms with Crippen LogP contribution in [0.25, 0.3) is 5.69 Å². The van der Waals surface area contributed by atoms with Gasteiger partial charge in [0.15, 0.2) is 5.16 Å². The molecule has 5 nitrogen and oxygen atoms in total. The second-order valence-electron chi connectivity index (χ2n) is 7.15. The van der Waals surface area contributed by atoms with E-state index in [1.165, 1.54) is 23.9 Å². The van der Waals surface area contributed by atoms with Crippen molar-refractivity contribution in [3.8, 4) is 5.69 Å². The summed E-state index contributed by atoms with van der Waals surface area (Å²) in [6.07, 6.45) is -3.89. The van der Waals surface area contributed by atoms with Gasteiger partial charge in [0.1, 0.15) is 5.82 Å².